The number of hydrogen-bond donors (Lipinski definition) is 1. The smallest absolute Gasteiger partial charge is 0.357 e. The molecule has 1 saturated heterocycles. The van der Waals surface area contributed by atoms with Crippen LogP contribution in [0.15, 0.2) is 29.1 Å². The summed E-state index contributed by atoms with van der Waals surface area (Å²) in [5, 5.41) is 13.6. The van der Waals surface area contributed by atoms with Gasteiger partial charge in [0.2, 0.25) is 5.91 Å². The van der Waals surface area contributed by atoms with Crippen molar-refractivity contribution in [2.75, 3.05) is 18.1 Å². The molecule has 1 aliphatic rings. The highest BCUT2D eigenvalue weighted by molar-refractivity contribution is 7.91. The number of fused-ring (bicyclic) bond motifs is 1. The lowest BCUT2D eigenvalue weighted by atomic mass is 10.1. The lowest BCUT2D eigenvalue weighted by molar-refractivity contribution is -0.133. The Morgan fingerprint density at radius 2 is 1.96 bits per heavy atom. The van der Waals surface area contributed by atoms with Crippen molar-refractivity contribution in [1.82, 2.24) is 14.7 Å². The molecule has 2 aromatic rings. The fraction of sp³-hybridized carbons (Fsp3) is 0.412. The van der Waals surface area contributed by atoms with Gasteiger partial charge in [-0.2, -0.15) is 5.10 Å². The molecule has 1 aromatic heterocycles. The van der Waals surface area contributed by atoms with E-state index in [-0.39, 0.29) is 34.5 Å². The van der Waals surface area contributed by atoms with Crippen LogP contribution in [0.5, 0.6) is 0 Å². The lowest BCUT2D eigenvalue weighted by Gasteiger charge is -2.27. The second-order valence-electron chi connectivity index (χ2n) is 6.40. The summed E-state index contributed by atoms with van der Waals surface area (Å²) >= 11 is 0. The zero-order chi connectivity index (χ0) is 19.8. The van der Waals surface area contributed by atoms with Gasteiger partial charge in [-0.05, 0) is 19.4 Å². The van der Waals surface area contributed by atoms with E-state index in [4.69, 9.17) is 0 Å². The van der Waals surface area contributed by atoms with Gasteiger partial charge in [0, 0.05) is 18.0 Å². The molecule has 27 heavy (non-hydrogen) atoms. The molecule has 1 fully saturated rings. The van der Waals surface area contributed by atoms with Crippen LogP contribution in [-0.4, -0.2) is 64.2 Å². The molecule has 1 N–H and O–H groups in total. The Bertz CT molecular complexity index is 1080. The van der Waals surface area contributed by atoms with Crippen molar-refractivity contribution in [3.63, 3.8) is 0 Å². The third-order valence-electron chi connectivity index (χ3n) is 4.67. The van der Waals surface area contributed by atoms with E-state index in [0.717, 1.165) is 4.68 Å². The van der Waals surface area contributed by atoms with Gasteiger partial charge in [0.25, 0.3) is 5.56 Å². The molecular formula is C17H19N3O6S. The maximum atomic E-state index is 12.7. The molecule has 0 bridgehead atoms. The number of carboxylic acids is 1. The predicted octanol–water partition coefficient (Wildman–Crippen LogP) is 0.130. The summed E-state index contributed by atoms with van der Waals surface area (Å²) in [6, 6.07) is 5.73. The first-order valence-corrected chi connectivity index (χ1v) is 10.3. The van der Waals surface area contributed by atoms with Gasteiger partial charge >= 0.3 is 5.97 Å². The molecular weight excluding hydrogens is 374 g/mol. The van der Waals surface area contributed by atoms with Gasteiger partial charge < -0.3 is 10.0 Å². The number of nitrogens with zero attached hydrogens (tertiary/aromatic N) is 3. The normalized spacial score (nSPS) is 18.5. The Labute approximate surface area is 155 Å². The number of carboxylic acid groups (broad SMARTS) is 1. The number of benzene rings is 1. The van der Waals surface area contributed by atoms with Crippen molar-refractivity contribution < 1.29 is 23.1 Å². The van der Waals surface area contributed by atoms with Crippen LogP contribution in [0.25, 0.3) is 10.8 Å². The molecule has 144 valence electrons. The Morgan fingerprint density at radius 3 is 2.52 bits per heavy atom. The molecule has 10 heteroatoms. The van der Waals surface area contributed by atoms with E-state index in [1.165, 1.54) is 17.0 Å². The Hall–Kier alpha value is -2.75. The highest BCUT2D eigenvalue weighted by Crippen LogP contribution is 2.18. The summed E-state index contributed by atoms with van der Waals surface area (Å²) in [5.41, 5.74) is -0.886. The Morgan fingerprint density at radius 1 is 1.30 bits per heavy atom. The quantitative estimate of drug-likeness (QED) is 0.765. The van der Waals surface area contributed by atoms with Gasteiger partial charge in [-0.25, -0.2) is 17.9 Å². The molecule has 3 rings (SSSR count). The average Bonchev–Trinajstić information content (AvgIpc) is 2.97. The number of aromatic nitrogens is 2. The maximum absolute atomic E-state index is 12.7. The minimum Gasteiger partial charge on any atom is -0.476 e. The van der Waals surface area contributed by atoms with Crippen molar-refractivity contribution >= 4 is 32.5 Å². The molecule has 1 atom stereocenters. The summed E-state index contributed by atoms with van der Waals surface area (Å²) in [6.45, 7) is 1.56. The maximum Gasteiger partial charge on any atom is 0.357 e. The zero-order valence-corrected chi connectivity index (χ0v) is 15.5. The average molecular weight is 393 g/mol. The van der Waals surface area contributed by atoms with Crippen LogP contribution in [-0.2, 0) is 21.2 Å². The fourth-order valence-corrected chi connectivity index (χ4v) is 5.11. The molecule has 2 heterocycles. The van der Waals surface area contributed by atoms with Gasteiger partial charge in [0.1, 0.15) is 6.54 Å². The third kappa shape index (κ3) is 3.70. The Balaban J connectivity index is 1.96. The molecule has 1 aliphatic heterocycles. The van der Waals surface area contributed by atoms with Crippen LogP contribution in [0.3, 0.4) is 0 Å². The summed E-state index contributed by atoms with van der Waals surface area (Å²) in [6.07, 6.45) is 0.350. The van der Waals surface area contributed by atoms with E-state index in [1.54, 1.807) is 19.1 Å². The number of carbonyl (C=O) groups is 2. The molecule has 0 unspecified atom stereocenters. The first-order chi connectivity index (χ1) is 12.7. The van der Waals surface area contributed by atoms with Gasteiger partial charge in [0.05, 0.1) is 16.9 Å². The van der Waals surface area contributed by atoms with Crippen molar-refractivity contribution in [3.8, 4) is 0 Å². The monoisotopic (exact) mass is 393 g/mol. The third-order valence-corrected chi connectivity index (χ3v) is 6.42. The standard InChI is InChI=1S/C17H19N3O6S/c1-2-19(11-7-8-27(25,26)10-11)14(21)9-20-16(22)13-6-4-3-5-12(13)15(18-20)17(23)24/h3-6,11H,2,7-10H2,1H3,(H,23,24)/t11-/m0/s1. The minimum atomic E-state index is -3.17. The highest BCUT2D eigenvalue weighted by Gasteiger charge is 2.34. The number of carbonyl (C=O) groups excluding carboxylic acids is 1. The Kier molecular flexibility index (Phi) is 5.01. The fourth-order valence-electron chi connectivity index (χ4n) is 3.38. The van der Waals surface area contributed by atoms with E-state index in [2.05, 4.69) is 5.10 Å². The lowest BCUT2D eigenvalue weighted by Crippen LogP contribution is -2.44. The van der Waals surface area contributed by atoms with Gasteiger partial charge in [0.15, 0.2) is 15.5 Å². The van der Waals surface area contributed by atoms with Gasteiger partial charge in [-0.15, -0.1) is 0 Å². The first kappa shape index (κ1) is 19.0. The number of aromatic carboxylic acids is 1. The molecule has 0 aliphatic carbocycles. The van der Waals surface area contributed by atoms with E-state index in [9.17, 15) is 27.9 Å². The predicted molar refractivity (Wildman–Crippen MR) is 97.4 cm³/mol. The van der Waals surface area contributed by atoms with Crippen LogP contribution in [0.2, 0.25) is 0 Å². The molecule has 0 saturated carbocycles. The summed E-state index contributed by atoms with van der Waals surface area (Å²) in [4.78, 5) is 38.2. The van der Waals surface area contributed by atoms with Gasteiger partial charge in [-0.3, -0.25) is 9.59 Å². The number of sulfone groups is 1. The summed E-state index contributed by atoms with van der Waals surface area (Å²) < 4.78 is 24.2. The SMILES string of the molecule is CCN(C(=O)Cn1nc(C(=O)O)c2ccccc2c1=O)[C@H]1CCS(=O)(=O)C1. The zero-order valence-electron chi connectivity index (χ0n) is 14.7. The van der Waals surface area contributed by atoms with Crippen molar-refractivity contribution in [1.29, 1.82) is 0 Å². The number of amides is 1. The topological polar surface area (TPSA) is 127 Å². The number of likely N-dealkylation sites (N-methyl/N-ethyl adjacent to an activating group) is 1. The van der Waals surface area contributed by atoms with E-state index in [0.29, 0.717) is 6.42 Å². The van der Waals surface area contributed by atoms with Crippen molar-refractivity contribution in [2.24, 2.45) is 0 Å². The molecule has 0 radical (unpaired) electrons. The van der Waals surface area contributed by atoms with Crippen LogP contribution in [0.4, 0.5) is 0 Å². The van der Waals surface area contributed by atoms with E-state index in [1.807, 2.05) is 0 Å². The largest absolute Gasteiger partial charge is 0.476 e. The second-order valence-corrected chi connectivity index (χ2v) is 8.63. The van der Waals surface area contributed by atoms with E-state index < -0.39 is 39.9 Å². The highest BCUT2D eigenvalue weighted by atomic mass is 32.2. The number of hydrogen-bond acceptors (Lipinski definition) is 6. The number of rotatable bonds is 5. The van der Waals surface area contributed by atoms with Crippen LogP contribution >= 0.6 is 0 Å². The molecule has 9 nitrogen and oxygen atoms in total. The second kappa shape index (κ2) is 7.10. The summed E-state index contributed by atoms with van der Waals surface area (Å²) in [5.74, 6) is -1.85. The van der Waals surface area contributed by atoms with Crippen molar-refractivity contribution in [3.05, 3.63) is 40.3 Å². The van der Waals surface area contributed by atoms with Crippen molar-refractivity contribution in [2.45, 2.75) is 25.9 Å². The van der Waals surface area contributed by atoms with Crippen LogP contribution in [0, 0.1) is 0 Å². The van der Waals surface area contributed by atoms with Crippen LogP contribution < -0.4 is 5.56 Å². The first-order valence-electron chi connectivity index (χ1n) is 8.46. The summed E-state index contributed by atoms with van der Waals surface area (Å²) in [7, 11) is -3.17. The molecule has 1 amide bonds. The van der Waals surface area contributed by atoms with Crippen LogP contribution in [0.1, 0.15) is 23.8 Å². The van der Waals surface area contributed by atoms with Gasteiger partial charge in [-0.1, -0.05) is 18.2 Å². The molecule has 0 spiro atoms. The molecule has 1 aromatic carbocycles. The van der Waals surface area contributed by atoms with E-state index >= 15 is 0 Å². The minimum absolute atomic E-state index is 0.0266.